The average Bonchev–Trinajstić information content (AvgIpc) is 0.722. The van der Waals surface area contributed by atoms with Gasteiger partial charge in [-0.25, -0.2) is 0 Å². The second kappa shape index (κ2) is 46.8. The minimum absolute atomic E-state index is 0. The second-order valence-electron chi connectivity index (χ2n) is 0.408. The van der Waals surface area contributed by atoms with Crippen molar-refractivity contribution >= 4 is 10.4 Å². The molecule has 0 aliphatic heterocycles. The van der Waals surface area contributed by atoms with Crippen LogP contribution in [-0.4, -0.2) is 55.9 Å². The summed E-state index contributed by atoms with van der Waals surface area (Å²) in [5.74, 6) is 0. The predicted octanol–water partition coefficient (Wildman–Crippen LogP) is -13.1. The van der Waals surface area contributed by atoms with E-state index in [1.54, 1.807) is 0 Å². The van der Waals surface area contributed by atoms with E-state index in [1.165, 1.54) is 0 Å². The Morgan fingerprint density at radius 1 is 0.571 bits per heavy atom. The normalized spacial score (nSPS) is 4.14. The topological polar surface area (TPSA) is 301 Å². The predicted molar refractivity (Wildman–Crippen MR) is 35.8 cm³/mol. The van der Waals surface area contributed by atoms with E-state index in [0.29, 0.717) is 0 Å². The molecule has 0 radical (unpaired) electrons. The Labute approximate surface area is 124 Å². The Balaban J connectivity index is -0.00000000222. The first-order valence-electron chi connectivity index (χ1n) is 0.667. The maximum Gasteiger partial charge on any atom is 1.00 e. The van der Waals surface area contributed by atoms with Crippen molar-refractivity contribution in [3.8, 4) is 0 Å². The van der Waals surface area contributed by atoms with Crippen LogP contribution in [0.25, 0.3) is 0 Å². The molecule has 0 fully saturated rings. The molecule has 0 aromatic rings. The van der Waals surface area contributed by atoms with Crippen LogP contribution in [0.2, 0.25) is 0 Å². The zero-order valence-electron chi connectivity index (χ0n) is 7.54. The van der Waals surface area contributed by atoms with E-state index < -0.39 is 10.4 Å². The molecule has 0 amide bonds. The molecule has 0 aliphatic rings. The van der Waals surface area contributed by atoms with Crippen LogP contribution in [0.5, 0.6) is 0 Å². The van der Waals surface area contributed by atoms with Gasteiger partial charge in [0.05, 0.1) is 0 Å². The molecule has 0 aromatic heterocycles. The van der Waals surface area contributed by atoms with Crippen LogP contribution < -0.4 is 59.1 Å². The maximum atomic E-state index is 8.52. The third kappa shape index (κ3) is 852. The zero-order chi connectivity index (χ0) is 4.50. The molecular formula is H14Na2O11S. The molecule has 0 rings (SSSR count). The van der Waals surface area contributed by atoms with Crippen LogP contribution in [0.15, 0.2) is 0 Å². The Morgan fingerprint density at radius 2 is 0.571 bits per heavy atom. The van der Waals surface area contributed by atoms with E-state index in [-0.39, 0.29) is 97.4 Å². The molecule has 14 heavy (non-hydrogen) atoms. The van der Waals surface area contributed by atoms with Gasteiger partial charge in [-0.15, -0.1) is 0 Å². The fraction of sp³-hybridized carbons (Fsp3) is 0. The van der Waals surface area contributed by atoms with E-state index in [2.05, 4.69) is 0 Å². The van der Waals surface area contributed by atoms with Gasteiger partial charge in [0.1, 0.15) is 0 Å². The summed E-state index contributed by atoms with van der Waals surface area (Å²) in [6.07, 6.45) is 0. The van der Waals surface area contributed by atoms with Gasteiger partial charge in [-0.1, -0.05) is 0 Å². The van der Waals surface area contributed by atoms with Gasteiger partial charge < -0.3 is 47.4 Å². The first-order chi connectivity index (χ1) is 2.00. The van der Waals surface area contributed by atoms with E-state index >= 15 is 0 Å². The summed E-state index contributed by atoms with van der Waals surface area (Å²) >= 11 is 0. The van der Waals surface area contributed by atoms with Crippen molar-refractivity contribution in [2.45, 2.75) is 0 Å². The minimum Gasteiger partial charge on any atom is -0.759 e. The largest absolute Gasteiger partial charge is 1.00 e. The Bertz CT molecular complexity index is 96.5. The number of rotatable bonds is 0. The molecule has 0 bridgehead atoms. The summed E-state index contributed by atoms with van der Waals surface area (Å²) in [4.78, 5) is 0. The summed E-state index contributed by atoms with van der Waals surface area (Å²) < 4.78 is 34.1. The third-order valence-electron chi connectivity index (χ3n) is 0. The van der Waals surface area contributed by atoms with Crippen molar-refractivity contribution in [1.29, 1.82) is 0 Å². The third-order valence-corrected chi connectivity index (χ3v) is 0. The van der Waals surface area contributed by atoms with Crippen molar-refractivity contribution in [3.63, 3.8) is 0 Å². The summed E-state index contributed by atoms with van der Waals surface area (Å²) in [7, 11) is -5.17. The van der Waals surface area contributed by atoms with E-state index in [1.807, 2.05) is 0 Å². The smallest absolute Gasteiger partial charge is 0.759 e. The zero-order valence-corrected chi connectivity index (χ0v) is 12.4. The van der Waals surface area contributed by atoms with Gasteiger partial charge in [-0.3, -0.25) is 8.42 Å². The Kier molecular flexibility index (Phi) is 355. The van der Waals surface area contributed by atoms with Crippen molar-refractivity contribution in [2.24, 2.45) is 0 Å². The molecule has 0 saturated heterocycles. The van der Waals surface area contributed by atoms with Crippen LogP contribution in [-0.2, 0) is 10.4 Å². The first kappa shape index (κ1) is 106. The van der Waals surface area contributed by atoms with Crippen molar-refractivity contribution < 1.29 is 115 Å². The summed E-state index contributed by atoms with van der Waals surface area (Å²) in [6, 6.07) is 0. The number of hydrogen-bond acceptors (Lipinski definition) is 4. The van der Waals surface area contributed by atoms with Gasteiger partial charge in [0, 0.05) is 10.4 Å². The van der Waals surface area contributed by atoms with E-state index in [0.717, 1.165) is 0 Å². The summed E-state index contributed by atoms with van der Waals surface area (Å²) in [5, 5.41) is 0. The molecule has 0 spiro atoms. The van der Waals surface area contributed by atoms with Crippen LogP contribution in [0.4, 0.5) is 0 Å². The molecule has 0 aromatic carbocycles. The quantitative estimate of drug-likeness (QED) is 0.234. The summed E-state index contributed by atoms with van der Waals surface area (Å²) in [6.45, 7) is 0. The molecule has 0 unspecified atom stereocenters. The van der Waals surface area contributed by atoms with Gasteiger partial charge in [0.2, 0.25) is 0 Å². The summed E-state index contributed by atoms with van der Waals surface area (Å²) in [5.41, 5.74) is 0. The SMILES string of the molecule is O.O.O.O.O.O.O.O=S(=O)([O-])[O-].[Na+].[Na+]. The molecule has 0 atom stereocenters. The molecule has 0 heterocycles. The monoisotopic (exact) mass is 268 g/mol. The van der Waals surface area contributed by atoms with Gasteiger partial charge in [-0.2, -0.15) is 0 Å². The van der Waals surface area contributed by atoms with Gasteiger partial charge in [0.15, 0.2) is 0 Å². The minimum atomic E-state index is -5.17. The molecule has 14 heteroatoms. The van der Waals surface area contributed by atoms with Crippen molar-refractivity contribution in [3.05, 3.63) is 0 Å². The Hall–Kier alpha value is 1.59. The average molecular weight is 268 g/mol. The second-order valence-corrected chi connectivity index (χ2v) is 1.22. The molecule has 0 saturated carbocycles. The Morgan fingerprint density at radius 3 is 0.571 bits per heavy atom. The fourth-order valence-electron chi connectivity index (χ4n) is 0. The molecular weight excluding hydrogens is 254 g/mol. The number of hydrogen-bond donors (Lipinski definition) is 0. The van der Waals surface area contributed by atoms with Gasteiger partial charge >= 0.3 is 59.1 Å². The van der Waals surface area contributed by atoms with Crippen LogP contribution in [0.3, 0.4) is 0 Å². The van der Waals surface area contributed by atoms with E-state index in [4.69, 9.17) is 17.5 Å². The molecule has 14 N–H and O–H groups in total. The van der Waals surface area contributed by atoms with Gasteiger partial charge in [0.25, 0.3) is 0 Å². The van der Waals surface area contributed by atoms with Crippen LogP contribution >= 0.6 is 0 Å². The standard InChI is InChI=1S/2Na.H2O4S.7H2O/c;;1-5(2,3)4;;;;;;;/h;;(H2,1,2,3,4);7*1H2/q2*+1;;;;;;;;/p-2. The first-order valence-corrected chi connectivity index (χ1v) is 2.00. The molecule has 0 aliphatic carbocycles. The van der Waals surface area contributed by atoms with Gasteiger partial charge in [-0.05, 0) is 0 Å². The van der Waals surface area contributed by atoms with Crippen molar-refractivity contribution in [1.82, 2.24) is 0 Å². The van der Waals surface area contributed by atoms with E-state index in [9.17, 15) is 0 Å². The van der Waals surface area contributed by atoms with Crippen molar-refractivity contribution in [2.75, 3.05) is 0 Å². The molecule has 88 valence electrons. The van der Waals surface area contributed by atoms with Crippen LogP contribution in [0, 0.1) is 0 Å². The van der Waals surface area contributed by atoms with Crippen LogP contribution in [0.1, 0.15) is 0 Å². The maximum absolute atomic E-state index is 8.52. The molecule has 11 nitrogen and oxygen atoms in total. The fourth-order valence-corrected chi connectivity index (χ4v) is 0.